The number of hydrogen-bond donors (Lipinski definition) is 1. The van der Waals surface area contributed by atoms with E-state index in [9.17, 15) is 14.4 Å². The second kappa shape index (κ2) is 9.51. The van der Waals surface area contributed by atoms with E-state index in [4.69, 9.17) is 4.74 Å². The topological polar surface area (TPSA) is 79.0 Å². The first kappa shape index (κ1) is 24.1. The molecule has 32 heavy (non-hydrogen) atoms. The molecule has 0 aliphatic carbocycles. The van der Waals surface area contributed by atoms with Crippen LogP contribution in [0.25, 0.3) is 0 Å². The third-order valence-corrected chi connectivity index (χ3v) is 6.68. The number of likely N-dealkylation sites (tertiary alicyclic amines) is 2. The van der Waals surface area contributed by atoms with Crippen molar-refractivity contribution in [1.82, 2.24) is 15.1 Å². The zero-order valence-corrected chi connectivity index (χ0v) is 20.3. The highest BCUT2D eigenvalue weighted by Crippen LogP contribution is 2.28. The fourth-order valence-corrected chi connectivity index (χ4v) is 4.58. The molecule has 7 nitrogen and oxygen atoms in total. The van der Waals surface area contributed by atoms with Crippen LogP contribution in [0.15, 0.2) is 12.1 Å². The van der Waals surface area contributed by atoms with Crippen LogP contribution in [0.1, 0.15) is 56.7 Å². The van der Waals surface area contributed by atoms with E-state index >= 15 is 0 Å². The lowest BCUT2D eigenvalue weighted by molar-refractivity contribution is -0.137. The molecule has 2 saturated heterocycles. The number of piperidine rings is 1. The van der Waals surface area contributed by atoms with E-state index in [0.29, 0.717) is 38.9 Å². The number of amides is 3. The Labute approximate surface area is 191 Å². The third-order valence-electron chi connectivity index (χ3n) is 6.68. The van der Waals surface area contributed by atoms with Crippen LogP contribution in [0.2, 0.25) is 0 Å². The van der Waals surface area contributed by atoms with Crippen molar-refractivity contribution in [3.8, 4) is 5.75 Å². The maximum Gasteiger partial charge on any atom is 0.258 e. The van der Waals surface area contributed by atoms with Gasteiger partial charge in [0.2, 0.25) is 11.8 Å². The third kappa shape index (κ3) is 5.43. The summed E-state index contributed by atoms with van der Waals surface area (Å²) in [4.78, 5) is 41.3. The van der Waals surface area contributed by atoms with Crippen molar-refractivity contribution in [2.45, 2.75) is 72.4 Å². The van der Waals surface area contributed by atoms with Gasteiger partial charge in [-0.3, -0.25) is 14.4 Å². The van der Waals surface area contributed by atoms with E-state index in [1.807, 2.05) is 52.5 Å². The Morgan fingerprint density at radius 1 is 1.09 bits per heavy atom. The molecule has 0 aromatic heterocycles. The minimum Gasteiger partial charge on any atom is -0.483 e. The van der Waals surface area contributed by atoms with Crippen LogP contribution in [-0.4, -0.2) is 65.3 Å². The van der Waals surface area contributed by atoms with Gasteiger partial charge in [-0.1, -0.05) is 12.1 Å². The predicted octanol–water partition coefficient (Wildman–Crippen LogP) is 2.74. The summed E-state index contributed by atoms with van der Waals surface area (Å²) in [5.74, 6) is 0.482. The van der Waals surface area contributed by atoms with Crippen LogP contribution in [0.5, 0.6) is 5.75 Å². The lowest BCUT2D eigenvalue weighted by Crippen LogP contribution is -2.49. The van der Waals surface area contributed by atoms with Gasteiger partial charge < -0.3 is 19.9 Å². The minimum atomic E-state index is -0.263. The molecule has 1 atom stereocenters. The number of ether oxygens (including phenoxy) is 1. The van der Waals surface area contributed by atoms with Gasteiger partial charge in [0.25, 0.3) is 5.91 Å². The summed E-state index contributed by atoms with van der Waals surface area (Å²) in [6.07, 6.45) is 1.72. The van der Waals surface area contributed by atoms with Crippen molar-refractivity contribution in [3.05, 3.63) is 28.8 Å². The maximum absolute atomic E-state index is 12.9. The second-order valence-electron chi connectivity index (χ2n) is 10.2. The monoisotopic (exact) mass is 443 g/mol. The maximum atomic E-state index is 12.9. The fourth-order valence-electron chi connectivity index (χ4n) is 4.58. The van der Waals surface area contributed by atoms with Gasteiger partial charge in [0.05, 0.1) is 5.92 Å². The van der Waals surface area contributed by atoms with Crippen LogP contribution in [0, 0.1) is 26.7 Å². The summed E-state index contributed by atoms with van der Waals surface area (Å²) in [6.45, 7) is 13.7. The summed E-state index contributed by atoms with van der Waals surface area (Å²) in [6, 6.07) is 4.08. The molecule has 3 amide bonds. The zero-order chi connectivity index (χ0) is 23.6. The van der Waals surface area contributed by atoms with Gasteiger partial charge in [0.1, 0.15) is 5.75 Å². The van der Waals surface area contributed by atoms with Crippen molar-refractivity contribution >= 4 is 17.7 Å². The molecular weight excluding hydrogens is 406 g/mol. The Kier molecular flexibility index (Phi) is 7.16. The molecule has 2 fully saturated rings. The molecule has 0 spiro atoms. The highest BCUT2D eigenvalue weighted by molar-refractivity contribution is 5.89. The molecule has 0 saturated carbocycles. The van der Waals surface area contributed by atoms with Gasteiger partial charge in [-0.25, -0.2) is 0 Å². The number of aryl methyl sites for hydroxylation is 2. The number of benzene rings is 1. The normalized spacial score (nSPS) is 19.9. The molecule has 2 aliphatic rings. The first-order valence-corrected chi connectivity index (χ1v) is 11.6. The molecule has 2 heterocycles. The summed E-state index contributed by atoms with van der Waals surface area (Å²) < 4.78 is 5.81. The number of hydrogen-bond acceptors (Lipinski definition) is 4. The van der Waals surface area contributed by atoms with Gasteiger partial charge in [-0.05, 0) is 71.1 Å². The van der Waals surface area contributed by atoms with Gasteiger partial charge in [0.15, 0.2) is 6.61 Å². The van der Waals surface area contributed by atoms with Crippen LogP contribution < -0.4 is 10.1 Å². The summed E-state index contributed by atoms with van der Waals surface area (Å²) in [5.41, 5.74) is 2.95. The van der Waals surface area contributed by atoms with Crippen molar-refractivity contribution in [2.75, 3.05) is 26.2 Å². The van der Waals surface area contributed by atoms with E-state index in [1.165, 1.54) is 0 Å². The zero-order valence-electron chi connectivity index (χ0n) is 20.3. The lowest BCUT2D eigenvalue weighted by atomic mass is 10.0. The largest absolute Gasteiger partial charge is 0.483 e. The SMILES string of the molecule is Cc1ccc(C)c(OCC(=O)NC2CCN(C(=O)C3CC(=O)N(C(C)(C)C)C3)CC2)c1C. The lowest BCUT2D eigenvalue weighted by Gasteiger charge is -2.35. The van der Waals surface area contributed by atoms with Crippen LogP contribution in [0.4, 0.5) is 0 Å². The van der Waals surface area contributed by atoms with Crippen LogP contribution >= 0.6 is 0 Å². The highest BCUT2D eigenvalue weighted by atomic mass is 16.5. The Hall–Kier alpha value is -2.57. The van der Waals surface area contributed by atoms with Gasteiger partial charge in [-0.2, -0.15) is 0 Å². The Balaban J connectivity index is 1.45. The Bertz CT molecular complexity index is 882. The smallest absolute Gasteiger partial charge is 0.258 e. The molecule has 3 rings (SSSR count). The van der Waals surface area contributed by atoms with Gasteiger partial charge in [-0.15, -0.1) is 0 Å². The Morgan fingerprint density at radius 2 is 1.72 bits per heavy atom. The molecule has 2 aliphatic heterocycles. The standard InChI is InChI=1S/C25H37N3O4/c1-16-7-8-17(2)23(18(16)3)32-15-21(29)26-20-9-11-27(12-10-20)24(31)19-13-22(30)28(14-19)25(4,5)6/h7-8,19-20H,9-15H2,1-6H3,(H,26,29). The molecule has 7 heteroatoms. The van der Waals surface area contributed by atoms with Crippen molar-refractivity contribution in [2.24, 2.45) is 5.92 Å². The average molecular weight is 444 g/mol. The van der Waals surface area contributed by atoms with E-state index in [-0.39, 0.29) is 41.8 Å². The molecule has 0 radical (unpaired) electrons. The molecule has 176 valence electrons. The highest BCUT2D eigenvalue weighted by Gasteiger charge is 2.41. The Morgan fingerprint density at radius 3 is 2.31 bits per heavy atom. The van der Waals surface area contributed by atoms with E-state index in [0.717, 1.165) is 22.4 Å². The number of rotatable bonds is 5. The number of nitrogens with one attached hydrogen (secondary N) is 1. The molecule has 1 aromatic rings. The molecule has 0 bridgehead atoms. The van der Waals surface area contributed by atoms with Gasteiger partial charge in [0, 0.05) is 37.6 Å². The molecule has 1 aromatic carbocycles. The van der Waals surface area contributed by atoms with E-state index in [2.05, 4.69) is 11.4 Å². The van der Waals surface area contributed by atoms with E-state index < -0.39 is 0 Å². The number of carbonyl (C=O) groups is 3. The minimum absolute atomic E-state index is 0.0168. The summed E-state index contributed by atoms with van der Waals surface area (Å²) in [7, 11) is 0. The van der Waals surface area contributed by atoms with Gasteiger partial charge >= 0.3 is 0 Å². The number of carbonyl (C=O) groups excluding carboxylic acids is 3. The van der Waals surface area contributed by atoms with Crippen LogP contribution in [-0.2, 0) is 14.4 Å². The first-order valence-electron chi connectivity index (χ1n) is 11.6. The summed E-state index contributed by atoms with van der Waals surface area (Å²) in [5, 5.41) is 3.04. The fraction of sp³-hybridized carbons (Fsp3) is 0.640. The molecule has 1 N–H and O–H groups in total. The van der Waals surface area contributed by atoms with Crippen molar-refractivity contribution in [3.63, 3.8) is 0 Å². The molecule has 1 unspecified atom stereocenters. The number of nitrogens with zero attached hydrogens (tertiary/aromatic N) is 2. The summed E-state index contributed by atoms with van der Waals surface area (Å²) >= 11 is 0. The predicted molar refractivity (Wildman–Crippen MR) is 123 cm³/mol. The first-order chi connectivity index (χ1) is 15.0. The van der Waals surface area contributed by atoms with E-state index in [1.54, 1.807) is 4.90 Å². The quantitative estimate of drug-likeness (QED) is 0.759. The second-order valence-corrected chi connectivity index (χ2v) is 10.2. The van der Waals surface area contributed by atoms with Crippen LogP contribution in [0.3, 0.4) is 0 Å². The van der Waals surface area contributed by atoms with Crippen molar-refractivity contribution in [1.29, 1.82) is 0 Å². The average Bonchev–Trinajstić information content (AvgIpc) is 3.13. The van der Waals surface area contributed by atoms with Crippen molar-refractivity contribution < 1.29 is 19.1 Å². The molecular formula is C25H37N3O4.